The van der Waals surface area contributed by atoms with E-state index >= 15 is 0 Å². The fourth-order valence-electron chi connectivity index (χ4n) is 2.78. The summed E-state index contributed by atoms with van der Waals surface area (Å²) in [5.74, 6) is 0.287. The van der Waals surface area contributed by atoms with Crippen LogP contribution in [-0.2, 0) is 9.59 Å². The van der Waals surface area contributed by atoms with Gasteiger partial charge in [-0.1, -0.05) is 11.8 Å². The summed E-state index contributed by atoms with van der Waals surface area (Å²) >= 11 is 1.32. The lowest BCUT2D eigenvalue weighted by molar-refractivity contribution is -0.117. The van der Waals surface area contributed by atoms with Gasteiger partial charge in [-0.25, -0.2) is 9.97 Å². The van der Waals surface area contributed by atoms with Crippen LogP contribution in [0.3, 0.4) is 0 Å². The van der Waals surface area contributed by atoms with Gasteiger partial charge in [0.05, 0.1) is 5.75 Å². The van der Waals surface area contributed by atoms with Gasteiger partial charge in [-0.2, -0.15) is 0 Å². The fourth-order valence-corrected chi connectivity index (χ4v) is 3.51. The number of hydrogen-bond acceptors (Lipinski definition) is 5. The molecule has 136 valence electrons. The van der Waals surface area contributed by atoms with Crippen LogP contribution in [0.5, 0.6) is 0 Å². The number of hydrogen-bond donors (Lipinski definition) is 1. The standard InChI is InChI=1S/C19H22N4O2S/c1-12-13(2)20-19(21-14(12)3)26-11-17(24)22-15-6-8-16(9-7-15)23-10-4-5-18(23)25/h6-9H,4-5,10-11H2,1-3H3,(H,22,24). The molecule has 2 aromatic rings. The molecule has 1 aliphatic rings. The van der Waals surface area contributed by atoms with Gasteiger partial charge in [0.2, 0.25) is 11.8 Å². The molecule has 0 aliphatic carbocycles. The van der Waals surface area contributed by atoms with Crippen molar-refractivity contribution < 1.29 is 9.59 Å². The highest BCUT2D eigenvalue weighted by Crippen LogP contribution is 2.23. The van der Waals surface area contributed by atoms with Gasteiger partial charge in [-0.05, 0) is 57.0 Å². The van der Waals surface area contributed by atoms with Crippen LogP contribution in [0.2, 0.25) is 0 Å². The molecule has 2 amide bonds. The van der Waals surface area contributed by atoms with E-state index in [9.17, 15) is 9.59 Å². The number of thioether (sulfide) groups is 1. The quantitative estimate of drug-likeness (QED) is 0.646. The van der Waals surface area contributed by atoms with Crippen LogP contribution >= 0.6 is 11.8 Å². The van der Waals surface area contributed by atoms with Crippen LogP contribution in [0.25, 0.3) is 0 Å². The lowest BCUT2D eigenvalue weighted by Gasteiger charge is -2.16. The molecule has 0 saturated carbocycles. The Morgan fingerprint density at radius 3 is 2.38 bits per heavy atom. The van der Waals surface area contributed by atoms with E-state index in [2.05, 4.69) is 15.3 Å². The van der Waals surface area contributed by atoms with E-state index in [1.807, 2.05) is 45.0 Å². The van der Waals surface area contributed by atoms with Crippen molar-refractivity contribution in [3.63, 3.8) is 0 Å². The maximum Gasteiger partial charge on any atom is 0.234 e. The van der Waals surface area contributed by atoms with Crippen molar-refractivity contribution in [2.24, 2.45) is 0 Å². The lowest BCUT2D eigenvalue weighted by Crippen LogP contribution is -2.23. The molecule has 1 aromatic heterocycles. The molecule has 0 bridgehead atoms. The second-order valence-corrected chi connectivity index (χ2v) is 7.28. The Bertz CT molecular complexity index is 813. The van der Waals surface area contributed by atoms with Crippen LogP contribution in [0.4, 0.5) is 11.4 Å². The predicted molar refractivity (Wildman–Crippen MR) is 104 cm³/mol. The van der Waals surface area contributed by atoms with Gasteiger partial charge < -0.3 is 10.2 Å². The number of amides is 2. The number of benzene rings is 1. The Labute approximate surface area is 157 Å². The van der Waals surface area contributed by atoms with Crippen molar-refractivity contribution in [1.82, 2.24) is 9.97 Å². The summed E-state index contributed by atoms with van der Waals surface area (Å²) < 4.78 is 0. The summed E-state index contributed by atoms with van der Waals surface area (Å²) in [5, 5.41) is 3.48. The SMILES string of the molecule is Cc1nc(SCC(=O)Nc2ccc(N3CCCC3=O)cc2)nc(C)c1C. The van der Waals surface area contributed by atoms with Crippen LogP contribution in [0.1, 0.15) is 29.8 Å². The number of nitrogens with one attached hydrogen (secondary N) is 1. The van der Waals surface area contributed by atoms with Gasteiger partial charge in [0, 0.05) is 35.7 Å². The van der Waals surface area contributed by atoms with Gasteiger partial charge in [0.15, 0.2) is 5.16 Å². The average molecular weight is 370 g/mol. The second kappa shape index (κ2) is 7.86. The zero-order chi connectivity index (χ0) is 18.7. The first-order valence-corrected chi connectivity index (χ1v) is 9.57. The Kier molecular flexibility index (Phi) is 5.56. The van der Waals surface area contributed by atoms with Crippen LogP contribution < -0.4 is 10.2 Å². The van der Waals surface area contributed by atoms with Crippen LogP contribution in [-0.4, -0.2) is 34.1 Å². The van der Waals surface area contributed by atoms with Gasteiger partial charge in [-0.15, -0.1) is 0 Å². The molecule has 1 aromatic carbocycles. The van der Waals surface area contributed by atoms with Gasteiger partial charge >= 0.3 is 0 Å². The molecule has 0 spiro atoms. The molecular formula is C19H22N4O2S. The molecule has 0 unspecified atom stereocenters. The molecule has 0 radical (unpaired) electrons. The first-order chi connectivity index (χ1) is 12.4. The number of carbonyl (C=O) groups excluding carboxylic acids is 2. The van der Waals surface area contributed by atoms with Crippen molar-refractivity contribution in [1.29, 1.82) is 0 Å². The fraction of sp³-hybridized carbons (Fsp3) is 0.368. The van der Waals surface area contributed by atoms with Crippen molar-refractivity contribution in [2.75, 3.05) is 22.5 Å². The van der Waals surface area contributed by atoms with Crippen molar-refractivity contribution in [3.8, 4) is 0 Å². The number of anilines is 2. The molecule has 1 fully saturated rings. The largest absolute Gasteiger partial charge is 0.325 e. The normalized spacial score (nSPS) is 14.0. The molecule has 1 aliphatic heterocycles. The summed E-state index contributed by atoms with van der Waals surface area (Å²) in [7, 11) is 0. The molecule has 1 saturated heterocycles. The molecule has 3 rings (SSSR count). The van der Waals surface area contributed by atoms with E-state index < -0.39 is 0 Å². The summed E-state index contributed by atoms with van der Waals surface area (Å²) in [6.45, 7) is 6.64. The summed E-state index contributed by atoms with van der Waals surface area (Å²) in [6.07, 6.45) is 1.50. The third-order valence-electron chi connectivity index (χ3n) is 4.48. The van der Waals surface area contributed by atoms with E-state index in [0.717, 1.165) is 35.6 Å². The second-order valence-electron chi connectivity index (χ2n) is 6.33. The molecule has 1 N–H and O–H groups in total. The first-order valence-electron chi connectivity index (χ1n) is 8.59. The smallest absolute Gasteiger partial charge is 0.234 e. The summed E-state index contributed by atoms with van der Waals surface area (Å²) in [4.78, 5) is 34.5. The Balaban J connectivity index is 1.56. The zero-order valence-electron chi connectivity index (χ0n) is 15.2. The molecule has 2 heterocycles. The van der Waals surface area contributed by atoms with Gasteiger partial charge in [0.1, 0.15) is 0 Å². The first kappa shape index (κ1) is 18.4. The summed E-state index contributed by atoms with van der Waals surface area (Å²) in [5.41, 5.74) is 4.54. The highest BCUT2D eigenvalue weighted by atomic mass is 32.2. The van der Waals surface area contributed by atoms with E-state index in [-0.39, 0.29) is 17.6 Å². The Morgan fingerprint density at radius 1 is 1.15 bits per heavy atom. The Hall–Kier alpha value is -2.41. The number of aromatic nitrogens is 2. The minimum atomic E-state index is -0.112. The van der Waals surface area contributed by atoms with E-state index in [0.29, 0.717) is 17.3 Å². The van der Waals surface area contributed by atoms with E-state index in [4.69, 9.17) is 0 Å². The van der Waals surface area contributed by atoms with Crippen LogP contribution in [0.15, 0.2) is 29.4 Å². The van der Waals surface area contributed by atoms with Crippen LogP contribution in [0, 0.1) is 20.8 Å². The Morgan fingerprint density at radius 2 is 1.81 bits per heavy atom. The highest BCUT2D eigenvalue weighted by molar-refractivity contribution is 7.99. The van der Waals surface area contributed by atoms with Gasteiger partial charge in [-0.3, -0.25) is 9.59 Å². The van der Waals surface area contributed by atoms with E-state index in [1.165, 1.54) is 11.8 Å². The third-order valence-corrected chi connectivity index (χ3v) is 5.33. The number of rotatable bonds is 5. The van der Waals surface area contributed by atoms with E-state index in [1.54, 1.807) is 4.90 Å². The minimum absolute atomic E-state index is 0.112. The number of carbonyl (C=O) groups is 2. The maximum absolute atomic E-state index is 12.2. The highest BCUT2D eigenvalue weighted by Gasteiger charge is 2.21. The summed E-state index contributed by atoms with van der Waals surface area (Å²) in [6, 6.07) is 7.36. The molecule has 26 heavy (non-hydrogen) atoms. The molecule has 6 nitrogen and oxygen atoms in total. The molecular weight excluding hydrogens is 348 g/mol. The topological polar surface area (TPSA) is 75.2 Å². The monoisotopic (exact) mass is 370 g/mol. The van der Waals surface area contributed by atoms with Crippen molar-refractivity contribution >= 4 is 35.0 Å². The molecule has 7 heteroatoms. The number of aryl methyl sites for hydroxylation is 2. The predicted octanol–water partition coefficient (Wildman–Crippen LogP) is 3.26. The maximum atomic E-state index is 12.2. The third kappa shape index (κ3) is 4.22. The average Bonchev–Trinajstić information content (AvgIpc) is 3.04. The molecule has 0 atom stereocenters. The van der Waals surface area contributed by atoms with Gasteiger partial charge in [0.25, 0.3) is 0 Å². The van der Waals surface area contributed by atoms with Crippen molar-refractivity contribution in [3.05, 3.63) is 41.2 Å². The van der Waals surface area contributed by atoms with Crippen molar-refractivity contribution in [2.45, 2.75) is 38.8 Å². The zero-order valence-corrected chi connectivity index (χ0v) is 16.0. The minimum Gasteiger partial charge on any atom is -0.325 e. The number of nitrogens with zero attached hydrogens (tertiary/aromatic N) is 3. The lowest BCUT2D eigenvalue weighted by atomic mass is 10.2.